The number of methoxy groups -OCH3 is 1. The van der Waals surface area contributed by atoms with Gasteiger partial charge in [-0.05, 0) is 37.1 Å². The van der Waals surface area contributed by atoms with Crippen molar-refractivity contribution in [3.63, 3.8) is 0 Å². The maximum absolute atomic E-state index is 12.4. The van der Waals surface area contributed by atoms with Crippen LogP contribution < -0.4 is 10.1 Å². The SMILES string of the molecule is COc1ccc(-c2noc(CNC(=O)C3CCN(S(=O)(=O)N(C)C)CC3)n2)cc1. The standard InChI is InChI=1S/C18H25N5O5S/c1-22(2)29(25,26)23-10-8-14(9-11-23)18(24)19-12-16-20-17(21-28-16)13-4-6-15(27-3)7-5-13/h4-7,14H,8-12H2,1-3H3,(H,19,24). The summed E-state index contributed by atoms with van der Waals surface area (Å²) in [6.07, 6.45) is 0.944. The van der Waals surface area contributed by atoms with Crippen molar-refractivity contribution < 1.29 is 22.5 Å². The van der Waals surface area contributed by atoms with Crippen LogP contribution in [0.5, 0.6) is 5.75 Å². The summed E-state index contributed by atoms with van der Waals surface area (Å²) in [4.78, 5) is 16.7. The van der Waals surface area contributed by atoms with Gasteiger partial charge < -0.3 is 14.6 Å². The number of hydrogen-bond acceptors (Lipinski definition) is 7. The lowest BCUT2D eigenvalue weighted by Crippen LogP contribution is -2.46. The zero-order chi connectivity index (χ0) is 21.0. The van der Waals surface area contributed by atoms with Crippen LogP contribution in [0.25, 0.3) is 11.4 Å². The van der Waals surface area contributed by atoms with Gasteiger partial charge in [0.1, 0.15) is 5.75 Å². The molecule has 29 heavy (non-hydrogen) atoms. The molecule has 3 rings (SSSR count). The summed E-state index contributed by atoms with van der Waals surface area (Å²) in [5, 5.41) is 6.72. The van der Waals surface area contributed by atoms with E-state index in [0.717, 1.165) is 11.3 Å². The summed E-state index contributed by atoms with van der Waals surface area (Å²) in [5.74, 6) is 1.08. The van der Waals surface area contributed by atoms with Crippen LogP contribution in [0.3, 0.4) is 0 Å². The molecule has 10 nitrogen and oxygen atoms in total. The molecule has 1 aromatic carbocycles. The Hall–Kier alpha value is -2.50. The predicted octanol–water partition coefficient (Wildman–Crippen LogP) is 0.880. The lowest BCUT2D eigenvalue weighted by atomic mass is 9.97. The highest BCUT2D eigenvalue weighted by Crippen LogP contribution is 2.22. The number of nitrogens with one attached hydrogen (secondary N) is 1. The topological polar surface area (TPSA) is 118 Å². The van der Waals surface area contributed by atoms with Crippen molar-refractivity contribution in [1.29, 1.82) is 0 Å². The van der Waals surface area contributed by atoms with E-state index in [9.17, 15) is 13.2 Å². The van der Waals surface area contributed by atoms with E-state index in [1.807, 2.05) is 12.1 Å². The van der Waals surface area contributed by atoms with Gasteiger partial charge in [0, 0.05) is 38.7 Å². The highest BCUT2D eigenvalue weighted by atomic mass is 32.2. The molecule has 0 unspecified atom stereocenters. The third-order valence-electron chi connectivity index (χ3n) is 4.84. The fourth-order valence-corrected chi connectivity index (χ4v) is 4.20. The smallest absolute Gasteiger partial charge is 0.281 e. The zero-order valence-electron chi connectivity index (χ0n) is 16.7. The summed E-state index contributed by atoms with van der Waals surface area (Å²) in [7, 11) is 1.15. The molecule has 0 bridgehead atoms. The van der Waals surface area contributed by atoms with Crippen LogP contribution in [0.15, 0.2) is 28.8 Å². The fraction of sp³-hybridized carbons (Fsp3) is 0.500. The molecule has 1 aliphatic rings. The zero-order valence-corrected chi connectivity index (χ0v) is 17.5. The van der Waals surface area contributed by atoms with E-state index >= 15 is 0 Å². The van der Waals surface area contributed by atoms with Gasteiger partial charge in [0.2, 0.25) is 17.6 Å². The first kappa shape index (κ1) is 21.2. The largest absolute Gasteiger partial charge is 0.497 e. The second-order valence-corrected chi connectivity index (χ2v) is 9.06. The van der Waals surface area contributed by atoms with Gasteiger partial charge >= 0.3 is 0 Å². The summed E-state index contributed by atoms with van der Waals surface area (Å²) >= 11 is 0. The molecule has 1 aromatic heterocycles. The van der Waals surface area contributed by atoms with Crippen LogP contribution in [0.1, 0.15) is 18.7 Å². The molecule has 1 saturated heterocycles. The summed E-state index contributed by atoms with van der Waals surface area (Å²) < 4.78 is 37.2. The first-order chi connectivity index (χ1) is 13.8. The number of amides is 1. The minimum absolute atomic E-state index is 0.123. The highest BCUT2D eigenvalue weighted by molar-refractivity contribution is 7.86. The van der Waals surface area contributed by atoms with Crippen molar-refractivity contribution in [3.05, 3.63) is 30.2 Å². The third-order valence-corrected chi connectivity index (χ3v) is 6.78. The van der Waals surface area contributed by atoms with E-state index < -0.39 is 10.2 Å². The van der Waals surface area contributed by atoms with E-state index in [1.54, 1.807) is 19.2 Å². The van der Waals surface area contributed by atoms with Crippen LogP contribution in [0.4, 0.5) is 0 Å². The number of benzene rings is 1. The van der Waals surface area contributed by atoms with E-state index in [-0.39, 0.29) is 18.4 Å². The van der Waals surface area contributed by atoms with Crippen LogP contribution >= 0.6 is 0 Å². The van der Waals surface area contributed by atoms with Crippen LogP contribution in [-0.4, -0.2) is 67.4 Å². The van der Waals surface area contributed by atoms with Crippen molar-refractivity contribution in [2.45, 2.75) is 19.4 Å². The number of rotatable bonds is 7. The Morgan fingerprint density at radius 2 is 1.93 bits per heavy atom. The molecule has 1 fully saturated rings. The Balaban J connectivity index is 1.51. The second-order valence-electron chi connectivity index (χ2n) is 6.92. The van der Waals surface area contributed by atoms with Crippen molar-refractivity contribution in [1.82, 2.24) is 24.1 Å². The third kappa shape index (κ3) is 4.92. The second kappa shape index (κ2) is 8.89. The minimum atomic E-state index is -3.44. The van der Waals surface area contributed by atoms with E-state index in [4.69, 9.17) is 9.26 Å². The molecule has 1 N–H and O–H groups in total. The number of piperidine rings is 1. The van der Waals surface area contributed by atoms with E-state index in [1.165, 1.54) is 22.7 Å². The fourth-order valence-electron chi connectivity index (χ4n) is 3.07. The number of hydrogen-bond donors (Lipinski definition) is 1. The van der Waals surface area contributed by atoms with Gasteiger partial charge in [0.25, 0.3) is 10.2 Å². The number of nitrogens with zero attached hydrogens (tertiary/aromatic N) is 4. The Labute approximate surface area is 170 Å². The molecular weight excluding hydrogens is 398 g/mol. The summed E-state index contributed by atoms with van der Waals surface area (Å²) in [6.45, 7) is 0.764. The molecule has 0 radical (unpaired) electrons. The van der Waals surface area contributed by atoms with Gasteiger partial charge in [-0.15, -0.1) is 0 Å². The van der Waals surface area contributed by atoms with Gasteiger partial charge in [0.05, 0.1) is 13.7 Å². The Morgan fingerprint density at radius 3 is 2.52 bits per heavy atom. The van der Waals surface area contributed by atoms with E-state index in [2.05, 4.69) is 15.5 Å². The maximum Gasteiger partial charge on any atom is 0.281 e. The van der Waals surface area contributed by atoms with Gasteiger partial charge in [-0.25, -0.2) is 0 Å². The van der Waals surface area contributed by atoms with E-state index in [0.29, 0.717) is 37.6 Å². The van der Waals surface area contributed by atoms with Gasteiger partial charge in [-0.3, -0.25) is 4.79 Å². The first-order valence-electron chi connectivity index (χ1n) is 9.23. The lowest BCUT2D eigenvalue weighted by molar-refractivity contribution is -0.126. The Bertz CT molecular complexity index is 934. The van der Waals surface area contributed by atoms with Crippen molar-refractivity contribution in [2.75, 3.05) is 34.3 Å². The van der Waals surface area contributed by atoms with Gasteiger partial charge in [0.15, 0.2) is 0 Å². The Morgan fingerprint density at radius 1 is 1.28 bits per heavy atom. The van der Waals surface area contributed by atoms with Crippen LogP contribution in [0, 0.1) is 5.92 Å². The molecule has 0 aliphatic carbocycles. The number of ether oxygens (including phenoxy) is 1. The molecule has 0 atom stereocenters. The number of aromatic nitrogens is 2. The van der Waals surface area contributed by atoms with Crippen LogP contribution in [0.2, 0.25) is 0 Å². The first-order valence-corrected chi connectivity index (χ1v) is 10.6. The summed E-state index contributed by atoms with van der Waals surface area (Å²) in [6, 6.07) is 7.25. The average molecular weight is 423 g/mol. The van der Waals surface area contributed by atoms with Gasteiger partial charge in [-0.1, -0.05) is 5.16 Å². The molecule has 2 heterocycles. The maximum atomic E-state index is 12.4. The quantitative estimate of drug-likeness (QED) is 0.702. The van der Waals surface area contributed by atoms with Crippen molar-refractivity contribution >= 4 is 16.1 Å². The normalized spacial score (nSPS) is 16.1. The highest BCUT2D eigenvalue weighted by Gasteiger charge is 2.32. The predicted molar refractivity (Wildman–Crippen MR) is 105 cm³/mol. The van der Waals surface area contributed by atoms with Crippen LogP contribution in [-0.2, 0) is 21.5 Å². The van der Waals surface area contributed by atoms with Crippen molar-refractivity contribution in [3.8, 4) is 17.1 Å². The number of carbonyl (C=O) groups excluding carboxylic acids is 1. The minimum Gasteiger partial charge on any atom is -0.497 e. The number of carbonyl (C=O) groups is 1. The Kier molecular flexibility index (Phi) is 6.50. The molecule has 11 heteroatoms. The van der Waals surface area contributed by atoms with Crippen molar-refractivity contribution in [2.24, 2.45) is 5.92 Å². The molecule has 2 aromatic rings. The average Bonchev–Trinajstić information content (AvgIpc) is 3.21. The molecule has 0 saturated carbocycles. The lowest BCUT2D eigenvalue weighted by Gasteiger charge is -2.32. The molecule has 1 aliphatic heterocycles. The van der Waals surface area contributed by atoms with Gasteiger partial charge in [-0.2, -0.15) is 22.0 Å². The molecule has 158 valence electrons. The summed E-state index contributed by atoms with van der Waals surface area (Å²) in [5.41, 5.74) is 0.779. The molecule has 1 amide bonds. The molecule has 0 spiro atoms. The molecular formula is C18H25N5O5S. The monoisotopic (exact) mass is 423 g/mol.